The fraction of sp³-hybridized carbons (Fsp3) is 0.118. The number of nitrogens with one attached hydrogen (secondary N) is 3. The molecule has 7 heteroatoms. The Morgan fingerprint density at radius 2 is 1.79 bits per heavy atom. The molecule has 2 aromatic rings. The lowest BCUT2D eigenvalue weighted by atomic mass is 10.0. The second kappa shape index (κ2) is 8.19. The van der Waals surface area contributed by atoms with E-state index in [9.17, 15) is 9.59 Å². The van der Waals surface area contributed by atoms with E-state index < -0.39 is 5.91 Å². The number of rotatable bonds is 5. The minimum absolute atomic E-state index is 0.195. The van der Waals surface area contributed by atoms with Crippen molar-refractivity contribution in [3.63, 3.8) is 0 Å². The van der Waals surface area contributed by atoms with Gasteiger partial charge in [-0.1, -0.05) is 30.3 Å². The van der Waals surface area contributed by atoms with Gasteiger partial charge in [-0.25, -0.2) is 5.84 Å². The predicted molar refractivity (Wildman–Crippen MR) is 97.6 cm³/mol. The third kappa shape index (κ3) is 4.61. The van der Waals surface area contributed by atoms with Gasteiger partial charge in [0.25, 0.3) is 5.91 Å². The number of Topliss-reactive ketones (excluding diaryl/α,β-unsaturated/α-hetero) is 1. The van der Waals surface area contributed by atoms with Crippen molar-refractivity contribution in [3.8, 4) is 0 Å². The average molecular weight is 342 g/mol. The van der Waals surface area contributed by atoms with E-state index in [4.69, 9.17) is 18.1 Å². The summed E-state index contributed by atoms with van der Waals surface area (Å²) >= 11 is 5.24. The lowest BCUT2D eigenvalue weighted by Gasteiger charge is -2.13. The molecule has 2 rings (SSSR count). The van der Waals surface area contributed by atoms with Crippen LogP contribution in [-0.4, -0.2) is 16.8 Å². The van der Waals surface area contributed by atoms with E-state index in [0.29, 0.717) is 22.9 Å². The van der Waals surface area contributed by atoms with Gasteiger partial charge in [0.05, 0.1) is 5.56 Å². The highest BCUT2D eigenvalue weighted by atomic mass is 32.1. The summed E-state index contributed by atoms with van der Waals surface area (Å²) in [4.78, 5) is 23.4. The zero-order valence-corrected chi connectivity index (χ0v) is 13.9. The zero-order valence-electron chi connectivity index (χ0n) is 13.1. The maximum atomic E-state index is 11.8. The molecule has 2 aromatic carbocycles. The van der Waals surface area contributed by atoms with Gasteiger partial charge >= 0.3 is 0 Å². The number of anilines is 1. The largest absolute Gasteiger partial charge is 0.358 e. The number of thiocarbonyl (C=S) groups is 1. The van der Waals surface area contributed by atoms with E-state index in [2.05, 4.69) is 10.6 Å². The van der Waals surface area contributed by atoms with Crippen LogP contribution in [0.1, 0.15) is 33.2 Å². The summed E-state index contributed by atoms with van der Waals surface area (Å²) in [6, 6.07) is 14.6. The number of benzene rings is 2. The van der Waals surface area contributed by atoms with Gasteiger partial charge in [0.15, 0.2) is 10.9 Å². The Morgan fingerprint density at radius 1 is 1.08 bits per heavy atom. The van der Waals surface area contributed by atoms with Crippen molar-refractivity contribution < 1.29 is 9.59 Å². The average Bonchev–Trinajstić information content (AvgIpc) is 2.60. The molecule has 1 amide bonds. The number of hydrazine groups is 1. The van der Waals surface area contributed by atoms with Crippen molar-refractivity contribution in [1.29, 1.82) is 0 Å². The lowest BCUT2D eigenvalue weighted by molar-refractivity contribution is 0.0939. The van der Waals surface area contributed by atoms with Crippen LogP contribution in [0.2, 0.25) is 0 Å². The predicted octanol–water partition coefficient (Wildman–Crippen LogP) is 1.98. The van der Waals surface area contributed by atoms with Crippen LogP contribution in [0.15, 0.2) is 48.5 Å². The summed E-state index contributed by atoms with van der Waals surface area (Å²) in [6.45, 7) is 1.97. The van der Waals surface area contributed by atoms with Gasteiger partial charge in [-0.3, -0.25) is 15.0 Å². The topological polar surface area (TPSA) is 96.2 Å². The monoisotopic (exact) mass is 342 g/mol. The quantitative estimate of drug-likeness (QED) is 0.218. The molecule has 0 radical (unpaired) electrons. The SMILES string of the molecule is CC(=O)c1ccc(NC(=S)NCc2ccccc2)cc1C(=O)NN. The van der Waals surface area contributed by atoms with E-state index in [0.717, 1.165) is 5.56 Å². The van der Waals surface area contributed by atoms with Crippen LogP contribution >= 0.6 is 12.2 Å². The van der Waals surface area contributed by atoms with Crippen molar-refractivity contribution in [2.24, 2.45) is 5.84 Å². The molecular weight excluding hydrogens is 324 g/mol. The normalized spacial score (nSPS) is 9.92. The summed E-state index contributed by atoms with van der Waals surface area (Å²) < 4.78 is 0. The highest BCUT2D eigenvalue weighted by Gasteiger charge is 2.14. The highest BCUT2D eigenvalue weighted by Crippen LogP contribution is 2.17. The van der Waals surface area contributed by atoms with Gasteiger partial charge in [-0.05, 0) is 42.9 Å². The number of carbonyl (C=O) groups excluding carboxylic acids is 2. The number of nitrogen functional groups attached to an aromatic ring is 1. The van der Waals surface area contributed by atoms with Crippen molar-refractivity contribution in [2.75, 3.05) is 5.32 Å². The summed E-state index contributed by atoms with van der Waals surface area (Å²) in [5.41, 5.74) is 4.21. The van der Waals surface area contributed by atoms with Gasteiger partial charge in [-0.15, -0.1) is 0 Å². The van der Waals surface area contributed by atoms with Crippen molar-refractivity contribution in [1.82, 2.24) is 10.7 Å². The molecule has 0 aromatic heterocycles. The van der Waals surface area contributed by atoms with Gasteiger partial charge in [0.1, 0.15) is 0 Å². The van der Waals surface area contributed by atoms with Gasteiger partial charge in [-0.2, -0.15) is 0 Å². The molecule has 0 unspecified atom stereocenters. The third-order valence-electron chi connectivity index (χ3n) is 3.33. The fourth-order valence-corrected chi connectivity index (χ4v) is 2.34. The Hall–Kier alpha value is -2.77. The Kier molecular flexibility index (Phi) is 6.00. The van der Waals surface area contributed by atoms with Crippen LogP contribution in [-0.2, 0) is 6.54 Å². The number of carbonyl (C=O) groups is 2. The summed E-state index contributed by atoms with van der Waals surface area (Å²) in [7, 11) is 0. The minimum Gasteiger partial charge on any atom is -0.358 e. The van der Waals surface area contributed by atoms with E-state index in [1.165, 1.54) is 13.0 Å². The molecule has 0 saturated carbocycles. The number of hydrogen-bond donors (Lipinski definition) is 4. The first-order chi connectivity index (χ1) is 11.5. The highest BCUT2D eigenvalue weighted by molar-refractivity contribution is 7.80. The van der Waals surface area contributed by atoms with Gasteiger partial charge in [0, 0.05) is 17.8 Å². The van der Waals surface area contributed by atoms with Crippen LogP contribution < -0.4 is 21.9 Å². The van der Waals surface area contributed by atoms with E-state index in [1.807, 2.05) is 35.8 Å². The standard InChI is InChI=1S/C17H18N4O2S/c1-11(22)14-8-7-13(9-15(14)16(23)21-18)20-17(24)19-10-12-5-3-2-4-6-12/h2-9H,10,18H2,1H3,(H,21,23)(H2,19,20,24). The fourth-order valence-electron chi connectivity index (χ4n) is 2.15. The number of hydrogen-bond acceptors (Lipinski definition) is 4. The van der Waals surface area contributed by atoms with Crippen LogP contribution in [0.5, 0.6) is 0 Å². The maximum absolute atomic E-state index is 11.8. The summed E-state index contributed by atoms with van der Waals surface area (Å²) in [5.74, 6) is 4.41. The van der Waals surface area contributed by atoms with E-state index >= 15 is 0 Å². The Bertz CT molecular complexity index is 762. The molecule has 5 N–H and O–H groups in total. The summed E-state index contributed by atoms with van der Waals surface area (Å²) in [6.07, 6.45) is 0. The Labute approximate surface area is 145 Å². The van der Waals surface area contributed by atoms with Crippen LogP contribution in [0.3, 0.4) is 0 Å². The molecule has 0 aliphatic carbocycles. The van der Waals surface area contributed by atoms with Crippen LogP contribution in [0.25, 0.3) is 0 Å². The number of ketones is 1. The summed E-state index contributed by atoms with van der Waals surface area (Å²) in [5, 5.41) is 6.47. The Morgan fingerprint density at radius 3 is 2.42 bits per heavy atom. The van der Waals surface area contributed by atoms with Crippen molar-refractivity contribution >= 4 is 34.7 Å². The molecule has 0 saturated heterocycles. The maximum Gasteiger partial charge on any atom is 0.265 e. The van der Waals surface area contributed by atoms with Crippen LogP contribution in [0.4, 0.5) is 5.69 Å². The first-order valence-electron chi connectivity index (χ1n) is 7.26. The van der Waals surface area contributed by atoms with Crippen molar-refractivity contribution in [2.45, 2.75) is 13.5 Å². The second-order valence-electron chi connectivity index (χ2n) is 5.08. The molecule has 0 aliphatic heterocycles. The van der Waals surface area contributed by atoms with Gasteiger partial charge in [0.2, 0.25) is 0 Å². The smallest absolute Gasteiger partial charge is 0.265 e. The first-order valence-corrected chi connectivity index (χ1v) is 7.67. The molecule has 0 heterocycles. The van der Waals surface area contributed by atoms with Crippen LogP contribution in [0, 0.1) is 0 Å². The molecule has 0 fully saturated rings. The number of nitrogens with two attached hydrogens (primary N) is 1. The molecule has 0 spiro atoms. The van der Waals surface area contributed by atoms with E-state index in [1.54, 1.807) is 12.1 Å². The zero-order chi connectivity index (χ0) is 17.5. The molecule has 24 heavy (non-hydrogen) atoms. The lowest BCUT2D eigenvalue weighted by Crippen LogP contribution is -2.32. The second-order valence-corrected chi connectivity index (χ2v) is 5.49. The molecule has 0 atom stereocenters. The Balaban J connectivity index is 2.07. The van der Waals surface area contributed by atoms with Gasteiger partial charge < -0.3 is 10.6 Å². The molecule has 0 bridgehead atoms. The molecule has 0 aliphatic rings. The third-order valence-corrected chi connectivity index (χ3v) is 3.57. The molecule has 124 valence electrons. The molecular formula is C17H18N4O2S. The molecule has 6 nitrogen and oxygen atoms in total. The first kappa shape index (κ1) is 17.6. The minimum atomic E-state index is -0.535. The number of amides is 1. The van der Waals surface area contributed by atoms with Crippen molar-refractivity contribution in [3.05, 3.63) is 65.2 Å². The van der Waals surface area contributed by atoms with E-state index in [-0.39, 0.29) is 11.3 Å².